The van der Waals surface area contributed by atoms with Gasteiger partial charge in [0.1, 0.15) is 18.4 Å². The number of piperazine rings is 1. The number of hydrogen-bond donors (Lipinski definition) is 0. The fraction of sp³-hybridized carbons (Fsp3) is 0.650. The Balaban J connectivity index is 1.25. The third-order valence-electron chi connectivity index (χ3n) is 5.27. The van der Waals surface area contributed by atoms with Gasteiger partial charge in [0.2, 0.25) is 0 Å². The van der Waals surface area contributed by atoms with E-state index in [9.17, 15) is 0 Å². The molecule has 1 saturated heterocycles. The molecule has 1 aromatic carbocycles. The number of ether oxygens (including phenoxy) is 2. The van der Waals surface area contributed by atoms with Gasteiger partial charge in [0.25, 0.3) is 0 Å². The second kappa shape index (κ2) is 9.76. The molecule has 1 aromatic rings. The normalized spacial score (nSPS) is 19.3. The van der Waals surface area contributed by atoms with Crippen LogP contribution in [0, 0.1) is 17.2 Å². The van der Waals surface area contributed by atoms with E-state index in [-0.39, 0.29) is 0 Å². The van der Waals surface area contributed by atoms with Gasteiger partial charge < -0.3 is 9.47 Å². The summed E-state index contributed by atoms with van der Waals surface area (Å²) in [5.41, 5.74) is 0.606. The Hall–Kier alpha value is -1.61. The van der Waals surface area contributed by atoms with E-state index in [1.54, 1.807) is 6.07 Å². The Morgan fingerprint density at radius 1 is 1.00 bits per heavy atom. The first-order valence-corrected chi connectivity index (χ1v) is 9.49. The summed E-state index contributed by atoms with van der Waals surface area (Å²) in [6.45, 7) is 8.76. The molecule has 3 rings (SSSR count). The minimum Gasteiger partial charge on any atom is -0.491 e. The molecule has 1 aliphatic heterocycles. The molecule has 1 heterocycles. The third-order valence-corrected chi connectivity index (χ3v) is 5.27. The first-order chi connectivity index (χ1) is 12.3. The van der Waals surface area contributed by atoms with Crippen LogP contribution in [0.5, 0.6) is 5.75 Å². The van der Waals surface area contributed by atoms with Gasteiger partial charge in [-0.25, -0.2) is 0 Å². The first kappa shape index (κ1) is 18.2. The largest absolute Gasteiger partial charge is 0.491 e. The zero-order chi connectivity index (χ0) is 17.3. The lowest BCUT2D eigenvalue weighted by Gasteiger charge is -2.34. The van der Waals surface area contributed by atoms with Crippen molar-refractivity contribution in [2.45, 2.75) is 19.3 Å². The van der Waals surface area contributed by atoms with E-state index in [1.165, 1.54) is 19.3 Å². The van der Waals surface area contributed by atoms with Crippen LogP contribution in [0.3, 0.4) is 0 Å². The summed E-state index contributed by atoms with van der Waals surface area (Å²) < 4.78 is 11.6. The topological polar surface area (TPSA) is 48.7 Å². The van der Waals surface area contributed by atoms with Crippen LogP contribution in [0.25, 0.3) is 0 Å². The van der Waals surface area contributed by atoms with Gasteiger partial charge >= 0.3 is 0 Å². The Bertz CT molecular complexity index is 560. The minimum absolute atomic E-state index is 0.606. The van der Waals surface area contributed by atoms with Crippen LogP contribution in [0.1, 0.15) is 24.8 Å². The van der Waals surface area contributed by atoms with Gasteiger partial charge in [0, 0.05) is 45.9 Å². The highest BCUT2D eigenvalue weighted by molar-refractivity contribution is 5.42. The van der Waals surface area contributed by atoms with Crippen LogP contribution in [0.15, 0.2) is 24.3 Å². The second-order valence-corrected chi connectivity index (χ2v) is 7.01. The third kappa shape index (κ3) is 5.71. The fourth-order valence-corrected chi connectivity index (χ4v) is 3.31. The molecular weight excluding hydrogens is 314 g/mol. The molecule has 0 atom stereocenters. The van der Waals surface area contributed by atoms with E-state index in [0.29, 0.717) is 17.9 Å². The summed E-state index contributed by atoms with van der Waals surface area (Å²) in [5, 5.41) is 9.08. The lowest BCUT2D eigenvalue weighted by atomic mass is 9.86. The smallest absolute Gasteiger partial charge is 0.137 e. The molecular formula is C20H29N3O2. The zero-order valence-electron chi connectivity index (χ0n) is 15.0. The van der Waals surface area contributed by atoms with Crippen molar-refractivity contribution in [3.8, 4) is 11.8 Å². The summed E-state index contributed by atoms with van der Waals surface area (Å²) >= 11 is 0. The number of benzene rings is 1. The fourth-order valence-electron chi connectivity index (χ4n) is 3.31. The van der Waals surface area contributed by atoms with Crippen LogP contribution in [-0.2, 0) is 4.74 Å². The summed E-state index contributed by atoms with van der Waals surface area (Å²) in [6.07, 6.45) is 4.11. The summed E-state index contributed by atoms with van der Waals surface area (Å²) in [7, 11) is 0. The Morgan fingerprint density at radius 3 is 2.32 bits per heavy atom. The Labute approximate surface area is 151 Å². The van der Waals surface area contributed by atoms with Gasteiger partial charge in [-0.05, 0) is 30.9 Å². The van der Waals surface area contributed by atoms with E-state index in [1.807, 2.05) is 18.2 Å². The van der Waals surface area contributed by atoms with Gasteiger partial charge in [-0.1, -0.05) is 18.6 Å². The van der Waals surface area contributed by atoms with Crippen molar-refractivity contribution < 1.29 is 9.47 Å². The Kier molecular flexibility index (Phi) is 7.10. The quantitative estimate of drug-likeness (QED) is 0.644. The molecule has 0 aromatic heterocycles. The van der Waals surface area contributed by atoms with E-state index >= 15 is 0 Å². The van der Waals surface area contributed by atoms with E-state index in [0.717, 1.165) is 58.4 Å². The molecule has 2 aliphatic rings. The Morgan fingerprint density at radius 2 is 1.68 bits per heavy atom. The van der Waals surface area contributed by atoms with Gasteiger partial charge in [-0.15, -0.1) is 0 Å². The molecule has 0 radical (unpaired) electrons. The number of hydrogen-bond acceptors (Lipinski definition) is 5. The SMILES string of the molecule is N#Cc1ccccc1OCCN1CCN(CCOCC2CCC2)CC1. The average Bonchev–Trinajstić information content (AvgIpc) is 2.61. The molecule has 0 amide bonds. The van der Waals surface area contributed by atoms with Gasteiger partial charge in [0.15, 0.2) is 0 Å². The molecule has 136 valence electrons. The molecule has 1 saturated carbocycles. The maximum atomic E-state index is 9.08. The molecule has 2 fully saturated rings. The molecule has 0 bridgehead atoms. The highest BCUT2D eigenvalue weighted by Crippen LogP contribution is 2.26. The molecule has 1 aliphatic carbocycles. The predicted octanol–water partition coefficient (Wildman–Crippen LogP) is 2.37. The molecule has 5 nitrogen and oxygen atoms in total. The maximum absolute atomic E-state index is 9.08. The average molecular weight is 343 g/mol. The van der Waals surface area contributed by atoms with Crippen LogP contribution in [-0.4, -0.2) is 68.9 Å². The van der Waals surface area contributed by atoms with E-state index in [2.05, 4.69) is 15.9 Å². The van der Waals surface area contributed by atoms with E-state index in [4.69, 9.17) is 14.7 Å². The minimum atomic E-state index is 0.606. The molecule has 25 heavy (non-hydrogen) atoms. The van der Waals surface area contributed by atoms with Gasteiger partial charge in [-0.3, -0.25) is 9.80 Å². The summed E-state index contributed by atoms with van der Waals surface area (Å²) in [6, 6.07) is 9.59. The predicted molar refractivity (Wildman–Crippen MR) is 97.7 cm³/mol. The number of nitrogens with zero attached hydrogens (tertiary/aromatic N) is 3. The van der Waals surface area contributed by atoms with Gasteiger partial charge in [0.05, 0.1) is 12.2 Å². The van der Waals surface area contributed by atoms with Crippen molar-refractivity contribution in [1.82, 2.24) is 9.80 Å². The highest BCUT2D eigenvalue weighted by Gasteiger charge is 2.19. The van der Waals surface area contributed by atoms with Crippen molar-refractivity contribution in [3.05, 3.63) is 29.8 Å². The maximum Gasteiger partial charge on any atom is 0.137 e. The zero-order valence-corrected chi connectivity index (χ0v) is 15.0. The van der Waals surface area contributed by atoms with Crippen LogP contribution in [0.2, 0.25) is 0 Å². The second-order valence-electron chi connectivity index (χ2n) is 7.01. The van der Waals surface area contributed by atoms with Crippen molar-refractivity contribution in [2.24, 2.45) is 5.92 Å². The lowest BCUT2D eigenvalue weighted by Crippen LogP contribution is -2.48. The number of rotatable bonds is 9. The van der Waals surface area contributed by atoms with Crippen LogP contribution in [0.4, 0.5) is 0 Å². The van der Waals surface area contributed by atoms with Crippen LogP contribution < -0.4 is 4.74 Å². The van der Waals surface area contributed by atoms with Crippen molar-refractivity contribution >= 4 is 0 Å². The van der Waals surface area contributed by atoms with Gasteiger partial charge in [-0.2, -0.15) is 5.26 Å². The molecule has 0 spiro atoms. The molecule has 0 unspecified atom stereocenters. The monoisotopic (exact) mass is 343 g/mol. The van der Waals surface area contributed by atoms with Crippen molar-refractivity contribution in [1.29, 1.82) is 5.26 Å². The number of para-hydroxylation sites is 1. The first-order valence-electron chi connectivity index (χ1n) is 9.49. The van der Waals surface area contributed by atoms with E-state index < -0.39 is 0 Å². The lowest BCUT2D eigenvalue weighted by molar-refractivity contribution is 0.0415. The standard InChI is InChI=1S/C20H29N3O2/c21-16-19-6-1-2-7-20(19)25-15-13-23-10-8-22(9-11-23)12-14-24-17-18-4-3-5-18/h1-2,6-7,18H,3-5,8-15,17H2. The molecule has 5 heteroatoms. The van der Waals surface area contributed by atoms with Crippen molar-refractivity contribution in [2.75, 3.05) is 59.1 Å². The number of nitriles is 1. The van der Waals surface area contributed by atoms with Crippen molar-refractivity contribution in [3.63, 3.8) is 0 Å². The summed E-state index contributed by atoms with van der Waals surface area (Å²) in [4.78, 5) is 4.92. The molecule has 0 N–H and O–H groups in total. The van der Waals surface area contributed by atoms with Crippen LogP contribution >= 0.6 is 0 Å². The highest BCUT2D eigenvalue weighted by atomic mass is 16.5. The summed E-state index contributed by atoms with van der Waals surface area (Å²) in [5.74, 6) is 1.52.